The molecule has 0 saturated heterocycles. The van der Waals surface area contributed by atoms with Gasteiger partial charge in [-0.2, -0.15) is 0 Å². The van der Waals surface area contributed by atoms with E-state index in [4.69, 9.17) is 0 Å². The SMILES string of the molecule is CC(=O)CS(=O)(=O)c1ccc(C)cc1C. The van der Waals surface area contributed by atoms with Crippen molar-refractivity contribution in [3.05, 3.63) is 29.3 Å². The van der Waals surface area contributed by atoms with Gasteiger partial charge >= 0.3 is 0 Å². The summed E-state index contributed by atoms with van der Waals surface area (Å²) in [5.74, 6) is -0.758. The molecule has 1 aromatic carbocycles. The van der Waals surface area contributed by atoms with Gasteiger partial charge in [0, 0.05) is 0 Å². The zero-order valence-corrected chi connectivity index (χ0v) is 9.89. The molecule has 1 rings (SSSR count). The van der Waals surface area contributed by atoms with Crippen molar-refractivity contribution in [1.82, 2.24) is 0 Å². The molecule has 0 fully saturated rings. The standard InChI is InChI=1S/C11H14O3S/c1-8-4-5-11(9(2)6-8)15(13,14)7-10(3)12/h4-6H,7H2,1-3H3. The fourth-order valence-electron chi connectivity index (χ4n) is 1.49. The van der Waals surface area contributed by atoms with Crippen LogP contribution in [0.4, 0.5) is 0 Å². The molecule has 0 N–H and O–H groups in total. The molecule has 82 valence electrons. The molecule has 0 atom stereocenters. The minimum Gasteiger partial charge on any atom is -0.299 e. The average Bonchev–Trinajstić information content (AvgIpc) is 1.99. The number of ketones is 1. The maximum Gasteiger partial charge on any atom is 0.185 e. The first-order valence-corrected chi connectivity index (χ1v) is 6.27. The van der Waals surface area contributed by atoms with Gasteiger partial charge < -0.3 is 0 Å². The van der Waals surface area contributed by atoms with Gasteiger partial charge in [0.1, 0.15) is 11.5 Å². The monoisotopic (exact) mass is 226 g/mol. The third-order valence-corrected chi connectivity index (χ3v) is 3.97. The quantitative estimate of drug-likeness (QED) is 0.787. The van der Waals surface area contributed by atoms with Crippen molar-refractivity contribution < 1.29 is 13.2 Å². The average molecular weight is 226 g/mol. The van der Waals surface area contributed by atoms with E-state index in [1.165, 1.54) is 6.92 Å². The smallest absolute Gasteiger partial charge is 0.185 e. The van der Waals surface area contributed by atoms with E-state index in [2.05, 4.69) is 0 Å². The summed E-state index contributed by atoms with van der Waals surface area (Å²) in [6, 6.07) is 5.09. The van der Waals surface area contributed by atoms with E-state index < -0.39 is 15.6 Å². The van der Waals surface area contributed by atoms with Gasteiger partial charge in [0.15, 0.2) is 9.84 Å². The third-order valence-electron chi connectivity index (χ3n) is 2.06. The van der Waals surface area contributed by atoms with E-state index in [0.717, 1.165) is 5.56 Å². The van der Waals surface area contributed by atoms with E-state index in [1.54, 1.807) is 25.1 Å². The van der Waals surface area contributed by atoms with Crippen molar-refractivity contribution in [2.24, 2.45) is 0 Å². The van der Waals surface area contributed by atoms with Gasteiger partial charge in [-0.25, -0.2) is 8.42 Å². The Kier molecular flexibility index (Phi) is 3.29. The third kappa shape index (κ3) is 2.89. The number of Topliss-reactive ketones (excluding diaryl/α,β-unsaturated/α-hetero) is 1. The number of rotatable bonds is 3. The van der Waals surface area contributed by atoms with Crippen LogP contribution in [0.5, 0.6) is 0 Å². The number of hydrogen-bond donors (Lipinski definition) is 0. The minimum absolute atomic E-state index is 0.253. The summed E-state index contributed by atoms with van der Waals surface area (Å²) in [7, 11) is -3.46. The van der Waals surface area contributed by atoms with Crippen LogP contribution in [-0.2, 0) is 14.6 Å². The fourth-order valence-corrected chi connectivity index (χ4v) is 3.01. The molecule has 0 radical (unpaired) electrons. The highest BCUT2D eigenvalue weighted by molar-refractivity contribution is 7.92. The molecule has 3 nitrogen and oxygen atoms in total. The van der Waals surface area contributed by atoms with Crippen LogP contribution in [0.2, 0.25) is 0 Å². The summed E-state index contributed by atoms with van der Waals surface area (Å²) in [6.45, 7) is 4.91. The summed E-state index contributed by atoms with van der Waals surface area (Å²) >= 11 is 0. The molecule has 0 aliphatic carbocycles. The lowest BCUT2D eigenvalue weighted by Gasteiger charge is -2.06. The molecule has 0 amide bonds. The second kappa shape index (κ2) is 4.14. The van der Waals surface area contributed by atoms with Gasteiger partial charge in [-0.3, -0.25) is 4.79 Å². The summed E-state index contributed by atoms with van der Waals surface area (Å²) in [5, 5.41) is 0. The lowest BCUT2D eigenvalue weighted by molar-refractivity contribution is -0.114. The number of carbonyl (C=O) groups excluding carboxylic acids is 1. The normalized spacial score (nSPS) is 11.4. The highest BCUT2D eigenvalue weighted by atomic mass is 32.2. The zero-order chi connectivity index (χ0) is 11.6. The molecule has 0 aromatic heterocycles. The maximum absolute atomic E-state index is 11.8. The lowest BCUT2D eigenvalue weighted by Crippen LogP contribution is -2.14. The Hall–Kier alpha value is -1.16. The number of carbonyl (C=O) groups is 1. The number of aryl methyl sites for hydroxylation is 2. The molecule has 1 aromatic rings. The Morgan fingerprint density at radius 2 is 1.87 bits per heavy atom. The van der Waals surface area contributed by atoms with Gasteiger partial charge in [-0.05, 0) is 32.4 Å². The van der Waals surface area contributed by atoms with Gasteiger partial charge in [0.2, 0.25) is 0 Å². The predicted octanol–water partition coefficient (Wildman–Crippen LogP) is 1.67. The number of sulfone groups is 1. The fraction of sp³-hybridized carbons (Fsp3) is 0.364. The largest absolute Gasteiger partial charge is 0.299 e. The second-order valence-corrected chi connectivity index (χ2v) is 5.69. The molecular weight excluding hydrogens is 212 g/mol. The molecule has 0 unspecified atom stereocenters. The molecule has 0 bridgehead atoms. The van der Waals surface area contributed by atoms with Gasteiger partial charge in [0.25, 0.3) is 0 Å². The van der Waals surface area contributed by atoms with Gasteiger partial charge in [-0.15, -0.1) is 0 Å². The van der Waals surface area contributed by atoms with Crippen LogP contribution in [0.1, 0.15) is 18.1 Å². The van der Waals surface area contributed by atoms with E-state index in [0.29, 0.717) is 5.56 Å². The van der Waals surface area contributed by atoms with E-state index in [1.807, 2.05) is 6.92 Å². The van der Waals surface area contributed by atoms with Crippen molar-refractivity contribution >= 4 is 15.6 Å². The molecular formula is C11H14O3S. The first-order chi connectivity index (χ1) is 6.83. The van der Waals surface area contributed by atoms with Crippen LogP contribution >= 0.6 is 0 Å². The predicted molar refractivity (Wildman–Crippen MR) is 58.6 cm³/mol. The minimum atomic E-state index is -3.46. The molecule has 0 aliphatic rings. The maximum atomic E-state index is 11.8. The van der Waals surface area contributed by atoms with Crippen molar-refractivity contribution in [3.63, 3.8) is 0 Å². The Balaban J connectivity index is 3.22. The summed E-state index contributed by atoms with van der Waals surface area (Å²) in [4.78, 5) is 11.1. The molecule has 0 spiro atoms. The van der Waals surface area contributed by atoms with E-state index in [9.17, 15) is 13.2 Å². The van der Waals surface area contributed by atoms with Crippen molar-refractivity contribution in [3.8, 4) is 0 Å². The molecule has 0 saturated carbocycles. The Labute approximate surface area is 90.0 Å². The van der Waals surface area contributed by atoms with Crippen molar-refractivity contribution in [2.75, 3.05) is 5.75 Å². The molecule has 4 heteroatoms. The molecule has 15 heavy (non-hydrogen) atoms. The van der Waals surface area contributed by atoms with Crippen LogP contribution in [-0.4, -0.2) is 20.0 Å². The van der Waals surface area contributed by atoms with Crippen LogP contribution in [0.15, 0.2) is 23.1 Å². The van der Waals surface area contributed by atoms with Crippen LogP contribution in [0, 0.1) is 13.8 Å². The van der Waals surface area contributed by atoms with Crippen LogP contribution < -0.4 is 0 Å². The number of hydrogen-bond acceptors (Lipinski definition) is 3. The molecule has 0 aliphatic heterocycles. The Morgan fingerprint density at radius 3 is 2.33 bits per heavy atom. The van der Waals surface area contributed by atoms with Gasteiger partial charge in [0.05, 0.1) is 4.90 Å². The zero-order valence-electron chi connectivity index (χ0n) is 9.07. The highest BCUT2D eigenvalue weighted by Gasteiger charge is 2.18. The van der Waals surface area contributed by atoms with E-state index >= 15 is 0 Å². The van der Waals surface area contributed by atoms with Crippen molar-refractivity contribution in [1.29, 1.82) is 0 Å². The van der Waals surface area contributed by atoms with Crippen LogP contribution in [0.25, 0.3) is 0 Å². The number of benzene rings is 1. The first kappa shape index (κ1) is 11.9. The first-order valence-electron chi connectivity index (χ1n) is 4.62. The molecule has 0 heterocycles. The van der Waals surface area contributed by atoms with Crippen LogP contribution in [0.3, 0.4) is 0 Å². The summed E-state index contributed by atoms with van der Waals surface area (Å²) < 4.78 is 23.5. The van der Waals surface area contributed by atoms with E-state index in [-0.39, 0.29) is 10.7 Å². The Morgan fingerprint density at radius 1 is 1.27 bits per heavy atom. The Bertz CT molecular complexity index is 487. The lowest BCUT2D eigenvalue weighted by atomic mass is 10.2. The topological polar surface area (TPSA) is 51.2 Å². The van der Waals surface area contributed by atoms with Crippen molar-refractivity contribution in [2.45, 2.75) is 25.7 Å². The summed E-state index contributed by atoms with van der Waals surface area (Å²) in [5.41, 5.74) is 1.70. The second-order valence-electron chi connectivity index (χ2n) is 3.73. The summed E-state index contributed by atoms with van der Waals surface area (Å²) in [6.07, 6.45) is 0. The highest BCUT2D eigenvalue weighted by Crippen LogP contribution is 2.17. The van der Waals surface area contributed by atoms with Gasteiger partial charge in [-0.1, -0.05) is 17.7 Å².